The number of rotatable bonds is 9. The first kappa shape index (κ1) is 24.4. The van der Waals surface area contributed by atoms with E-state index >= 15 is 0 Å². The van der Waals surface area contributed by atoms with Crippen LogP contribution in [0.1, 0.15) is 45.2 Å². The second kappa shape index (κ2) is 10.6. The summed E-state index contributed by atoms with van der Waals surface area (Å²) in [7, 11) is -2.16. The molecule has 0 saturated heterocycles. The number of hydrogen-bond donors (Lipinski definition) is 0. The molecular weight excluding hydrogens is 443 g/mol. The van der Waals surface area contributed by atoms with E-state index in [1.165, 1.54) is 0 Å². The summed E-state index contributed by atoms with van der Waals surface area (Å²) in [5, 5.41) is 8.97. The number of hydrogen-bond acceptors (Lipinski definition) is 6. The highest BCUT2D eigenvalue weighted by Gasteiger charge is 2.40. The van der Waals surface area contributed by atoms with Gasteiger partial charge in [-0.2, -0.15) is 9.93 Å². The molecule has 1 aliphatic rings. The van der Waals surface area contributed by atoms with E-state index in [2.05, 4.69) is 0 Å². The van der Waals surface area contributed by atoms with Crippen molar-refractivity contribution in [3.05, 3.63) is 53.6 Å². The minimum absolute atomic E-state index is 0.0211. The van der Waals surface area contributed by atoms with Gasteiger partial charge < -0.3 is 9.26 Å². The van der Waals surface area contributed by atoms with Crippen LogP contribution in [0, 0.1) is 11.3 Å². The van der Waals surface area contributed by atoms with Crippen LogP contribution in [-0.2, 0) is 13.6 Å². The average molecular weight is 473 g/mol. The molecule has 2 aromatic carbocycles. The normalized spacial score (nSPS) is 14.8. The summed E-state index contributed by atoms with van der Waals surface area (Å²) >= 11 is 1.58. The first-order chi connectivity index (χ1) is 15.3. The Morgan fingerprint density at radius 1 is 1.09 bits per heavy atom. The van der Waals surface area contributed by atoms with E-state index in [4.69, 9.17) is 19.0 Å². The van der Waals surface area contributed by atoms with Crippen molar-refractivity contribution in [1.29, 1.82) is 5.26 Å². The maximum atomic E-state index is 14.2. The van der Waals surface area contributed by atoms with Gasteiger partial charge in [-0.15, -0.1) is 0 Å². The topological polar surface area (TPSA) is 71.8 Å². The van der Waals surface area contributed by atoms with Gasteiger partial charge in [-0.25, -0.2) is 4.57 Å². The fraction of sp³-hybridized carbons (Fsp3) is 0.375. The van der Waals surface area contributed by atoms with Gasteiger partial charge in [0.05, 0.1) is 31.1 Å². The van der Waals surface area contributed by atoms with E-state index < -0.39 is 7.75 Å². The maximum absolute atomic E-state index is 14.2. The summed E-state index contributed by atoms with van der Waals surface area (Å²) in [6, 6.07) is 15.5. The molecule has 0 radical (unpaired) electrons. The van der Waals surface area contributed by atoms with E-state index in [1.807, 2.05) is 82.3 Å². The second-order valence-electron chi connectivity index (χ2n) is 7.85. The molecular formula is C24H29N2O4PS. The maximum Gasteiger partial charge on any atom is 0.461 e. The summed E-state index contributed by atoms with van der Waals surface area (Å²) in [5.74, 6) is 1.16. The first-order valence-corrected chi connectivity index (χ1v) is 12.9. The van der Waals surface area contributed by atoms with E-state index in [0.29, 0.717) is 11.5 Å². The first-order valence-electron chi connectivity index (χ1n) is 10.6. The fourth-order valence-electron chi connectivity index (χ4n) is 3.71. The Bertz CT molecular complexity index is 1070. The molecule has 1 atom stereocenters. The van der Waals surface area contributed by atoms with Gasteiger partial charge in [-0.3, -0.25) is 4.52 Å². The number of fused-ring (bicyclic) bond motifs is 2. The van der Waals surface area contributed by atoms with Gasteiger partial charge in [0.15, 0.2) is 0 Å². The van der Waals surface area contributed by atoms with Crippen LogP contribution >= 0.6 is 19.5 Å². The van der Waals surface area contributed by atoms with Crippen molar-refractivity contribution in [2.24, 2.45) is 0 Å². The standard InChI is InChI=1S/C24H29N2O4PS/c1-17(2)26(18(3)4)31(27,29-15-9-14-25)30-22-16-19-10-6-7-13-23(19)32-24-20(22)11-8-12-21(24)28-5/h6-8,10-13,16-18H,9,15H2,1-5H3. The van der Waals surface area contributed by atoms with Crippen molar-refractivity contribution in [3.63, 3.8) is 0 Å². The van der Waals surface area contributed by atoms with Crippen molar-refractivity contribution in [2.75, 3.05) is 13.7 Å². The Morgan fingerprint density at radius 3 is 2.47 bits per heavy atom. The van der Waals surface area contributed by atoms with Gasteiger partial charge in [-0.05, 0) is 57.5 Å². The molecule has 0 aliphatic carbocycles. The van der Waals surface area contributed by atoms with Gasteiger partial charge in [0.1, 0.15) is 11.5 Å². The number of nitrogens with zero attached hydrogens (tertiary/aromatic N) is 2. The number of methoxy groups -OCH3 is 1. The molecule has 170 valence electrons. The predicted octanol–water partition coefficient (Wildman–Crippen LogP) is 6.83. The zero-order valence-electron chi connectivity index (χ0n) is 19.1. The Balaban J connectivity index is 2.15. The van der Waals surface area contributed by atoms with Crippen molar-refractivity contribution in [1.82, 2.24) is 4.67 Å². The third-order valence-electron chi connectivity index (χ3n) is 4.90. The van der Waals surface area contributed by atoms with Gasteiger partial charge in [0.2, 0.25) is 0 Å². The van der Waals surface area contributed by atoms with Gasteiger partial charge in [0.25, 0.3) is 0 Å². The van der Waals surface area contributed by atoms with Gasteiger partial charge in [0, 0.05) is 22.5 Å². The molecule has 1 aliphatic heterocycles. The third-order valence-corrected chi connectivity index (χ3v) is 8.55. The quantitative estimate of drug-likeness (QED) is 0.292. The van der Waals surface area contributed by atoms with Crippen LogP contribution in [0.5, 0.6) is 5.75 Å². The molecule has 1 heterocycles. The molecule has 0 saturated carbocycles. The summed E-state index contributed by atoms with van der Waals surface area (Å²) in [6.07, 6.45) is 2.02. The van der Waals surface area contributed by atoms with Crippen molar-refractivity contribution in [3.8, 4) is 11.8 Å². The zero-order valence-corrected chi connectivity index (χ0v) is 20.8. The number of nitriles is 1. The Hall–Kier alpha value is -2.23. The summed E-state index contributed by atoms with van der Waals surface area (Å²) < 4.78 is 33.7. The molecule has 0 N–H and O–H groups in total. The van der Waals surface area contributed by atoms with E-state index in [-0.39, 0.29) is 25.1 Å². The molecule has 0 fully saturated rings. The summed E-state index contributed by atoms with van der Waals surface area (Å²) in [5.41, 5.74) is 1.73. The number of benzene rings is 2. The van der Waals surface area contributed by atoms with Crippen LogP contribution in [0.4, 0.5) is 0 Å². The fourth-order valence-corrected chi connectivity index (χ4v) is 6.98. The van der Waals surface area contributed by atoms with Crippen LogP contribution in [0.3, 0.4) is 0 Å². The minimum Gasteiger partial charge on any atom is -0.496 e. The lowest BCUT2D eigenvalue weighted by Crippen LogP contribution is -2.35. The van der Waals surface area contributed by atoms with E-state index in [9.17, 15) is 4.57 Å². The average Bonchev–Trinajstić information content (AvgIpc) is 2.89. The van der Waals surface area contributed by atoms with Crippen molar-refractivity contribution in [2.45, 2.75) is 56.0 Å². The SMILES string of the molecule is COc1cccc2c1Sc1ccccc1C=C2OP(=O)(OCCC#N)N(C(C)C)C(C)C. The molecule has 1 unspecified atom stereocenters. The predicted molar refractivity (Wildman–Crippen MR) is 128 cm³/mol. The molecule has 0 bridgehead atoms. The molecule has 0 spiro atoms. The van der Waals surface area contributed by atoms with Crippen LogP contribution in [0.2, 0.25) is 0 Å². The molecule has 3 rings (SSSR count). The highest BCUT2D eigenvalue weighted by atomic mass is 32.2. The highest BCUT2D eigenvalue weighted by molar-refractivity contribution is 7.99. The van der Waals surface area contributed by atoms with Crippen LogP contribution < -0.4 is 4.74 Å². The largest absolute Gasteiger partial charge is 0.496 e. The smallest absolute Gasteiger partial charge is 0.461 e. The van der Waals surface area contributed by atoms with Crippen molar-refractivity contribution >= 4 is 31.3 Å². The third kappa shape index (κ3) is 5.22. The Labute approximate surface area is 194 Å². The lowest BCUT2D eigenvalue weighted by atomic mass is 10.1. The molecule has 6 nitrogen and oxygen atoms in total. The van der Waals surface area contributed by atoms with Crippen LogP contribution in [-0.4, -0.2) is 30.5 Å². The van der Waals surface area contributed by atoms with Crippen molar-refractivity contribution < 1.29 is 18.3 Å². The summed E-state index contributed by atoms with van der Waals surface area (Å²) in [4.78, 5) is 1.93. The number of ether oxygens (including phenoxy) is 1. The molecule has 2 aromatic rings. The van der Waals surface area contributed by atoms with Gasteiger partial charge >= 0.3 is 7.75 Å². The Kier molecular flexibility index (Phi) is 8.08. The Morgan fingerprint density at radius 2 is 1.81 bits per heavy atom. The van der Waals surface area contributed by atoms with Gasteiger partial charge in [-0.1, -0.05) is 36.0 Å². The second-order valence-corrected chi connectivity index (χ2v) is 10.7. The van der Waals surface area contributed by atoms with E-state index in [1.54, 1.807) is 23.5 Å². The zero-order chi connectivity index (χ0) is 23.3. The lowest BCUT2D eigenvalue weighted by molar-refractivity contribution is 0.168. The molecule has 8 heteroatoms. The monoisotopic (exact) mass is 472 g/mol. The molecule has 32 heavy (non-hydrogen) atoms. The van der Waals surface area contributed by atoms with Crippen LogP contribution in [0.15, 0.2) is 52.3 Å². The summed E-state index contributed by atoms with van der Waals surface area (Å²) in [6.45, 7) is 7.83. The minimum atomic E-state index is -3.79. The van der Waals surface area contributed by atoms with E-state index in [0.717, 1.165) is 20.9 Å². The lowest BCUT2D eigenvalue weighted by Gasteiger charge is -2.36. The molecule has 0 aromatic heterocycles. The molecule has 0 amide bonds. The highest BCUT2D eigenvalue weighted by Crippen LogP contribution is 2.59. The van der Waals surface area contributed by atoms with Crippen LogP contribution in [0.25, 0.3) is 11.8 Å².